The normalized spacial score (nSPS) is 12.1. The van der Waals surface area contributed by atoms with Crippen LogP contribution in [0, 0.1) is 10.8 Å². The second-order valence-electron chi connectivity index (χ2n) is 10.1. The Labute approximate surface area is 191 Å². The van der Waals surface area contributed by atoms with Crippen LogP contribution in [-0.4, -0.2) is 37.5 Å². The van der Waals surface area contributed by atoms with Gasteiger partial charge in [0, 0.05) is 17.2 Å². The third kappa shape index (κ3) is 8.24. The molecule has 0 spiro atoms. The van der Waals surface area contributed by atoms with Crippen LogP contribution in [0.1, 0.15) is 96.6 Å². The van der Waals surface area contributed by atoms with Crippen LogP contribution in [0.2, 0.25) is 0 Å². The molecule has 32 heavy (non-hydrogen) atoms. The van der Waals surface area contributed by atoms with Gasteiger partial charge >= 0.3 is 11.9 Å². The Morgan fingerprint density at radius 2 is 1.06 bits per heavy atom. The monoisotopic (exact) mass is 452 g/mol. The SMILES string of the molecule is CC(C)(CCCCCCc1c(O)c(O)cc(O)c1CCCCCC(C)(C)C(=O)O)C(=O)O. The number of rotatable bonds is 15. The highest BCUT2D eigenvalue weighted by Gasteiger charge is 2.27. The maximum Gasteiger partial charge on any atom is 0.309 e. The fraction of sp³-hybridized carbons (Fsp3) is 0.680. The summed E-state index contributed by atoms with van der Waals surface area (Å²) in [4.78, 5) is 22.4. The highest BCUT2D eigenvalue weighted by molar-refractivity contribution is 5.73. The van der Waals surface area contributed by atoms with Crippen molar-refractivity contribution < 1.29 is 35.1 Å². The van der Waals surface area contributed by atoms with E-state index in [1.54, 1.807) is 27.7 Å². The average Bonchev–Trinajstić information content (AvgIpc) is 2.69. The molecule has 0 aliphatic heterocycles. The molecule has 0 unspecified atom stereocenters. The van der Waals surface area contributed by atoms with E-state index in [-0.39, 0.29) is 17.2 Å². The summed E-state index contributed by atoms with van der Waals surface area (Å²) in [5.74, 6) is -2.19. The number of benzene rings is 1. The lowest BCUT2D eigenvalue weighted by molar-refractivity contribution is -0.148. The maximum atomic E-state index is 11.2. The van der Waals surface area contributed by atoms with Gasteiger partial charge in [0.25, 0.3) is 0 Å². The lowest BCUT2D eigenvalue weighted by Crippen LogP contribution is -2.23. The van der Waals surface area contributed by atoms with Crippen LogP contribution >= 0.6 is 0 Å². The molecule has 0 saturated heterocycles. The number of aliphatic carboxylic acids is 2. The van der Waals surface area contributed by atoms with Gasteiger partial charge in [0.1, 0.15) is 5.75 Å². The molecule has 0 bridgehead atoms. The summed E-state index contributed by atoms with van der Waals surface area (Å²) in [6.07, 6.45) is 7.80. The third-order valence-corrected chi connectivity index (χ3v) is 6.34. The molecule has 0 atom stereocenters. The van der Waals surface area contributed by atoms with Crippen molar-refractivity contribution in [3.8, 4) is 17.2 Å². The van der Waals surface area contributed by atoms with Gasteiger partial charge in [-0.2, -0.15) is 0 Å². The van der Waals surface area contributed by atoms with Crippen molar-refractivity contribution in [2.75, 3.05) is 0 Å². The summed E-state index contributed by atoms with van der Waals surface area (Å²) in [5, 5.41) is 49.0. The van der Waals surface area contributed by atoms with Crippen LogP contribution in [0.3, 0.4) is 0 Å². The van der Waals surface area contributed by atoms with Gasteiger partial charge in [-0.25, -0.2) is 0 Å². The van der Waals surface area contributed by atoms with E-state index in [1.807, 2.05) is 0 Å². The number of carboxylic acid groups (broad SMARTS) is 2. The largest absolute Gasteiger partial charge is 0.508 e. The van der Waals surface area contributed by atoms with Crippen molar-refractivity contribution in [2.24, 2.45) is 10.8 Å². The summed E-state index contributed by atoms with van der Waals surface area (Å²) < 4.78 is 0. The van der Waals surface area contributed by atoms with Crippen LogP contribution in [0.4, 0.5) is 0 Å². The molecular weight excluding hydrogens is 412 g/mol. The molecule has 1 rings (SSSR count). The minimum atomic E-state index is -0.813. The number of hydrogen-bond acceptors (Lipinski definition) is 5. The molecular formula is C25H40O7. The van der Waals surface area contributed by atoms with E-state index < -0.39 is 22.8 Å². The van der Waals surface area contributed by atoms with E-state index in [2.05, 4.69) is 0 Å². The first-order valence-corrected chi connectivity index (χ1v) is 11.5. The highest BCUT2D eigenvalue weighted by atomic mass is 16.4. The predicted octanol–water partition coefficient (Wildman–Crippen LogP) is 5.62. The zero-order valence-corrected chi connectivity index (χ0v) is 19.9. The van der Waals surface area contributed by atoms with Gasteiger partial charge in [-0.1, -0.05) is 32.1 Å². The van der Waals surface area contributed by atoms with Crippen molar-refractivity contribution >= 4 is 11.9 Å². The Morgan fingerprint density at radius 1 is 0.656 bits per heavy atom. The fourth-order valence-corrected chi connectivity index (χ4v) is 3.77. The zero-order valence-electron chi connectivity index (χ0n) is 19.9. The number of carbonyl (C=O) groups is 2. The molecule has 1 aromatic rings. The lowest BCUT2D eigenvalue weighted by atomic mass is 9.86. The summed E-state index contributed by atoms with van der Waals surface area (Å²) in [6, 6.07) is 1.16. The van der Waals surface area contributed by atoms with Crippen molar-refractivity contribution in [1.82, 2.24) is 0 Å². The number of aromatic hydroxyl groups is 3. The summed E-state index contributed by atoms with van der Waals surface area (Å²) >= 11 is 0. The molecule has 0 amide bonds. The second-order valence-corrected chi connectivity index (χ2v) is 10.1. The highest BCUT2D eigenvalue weighted by Crippen LogP contribution is 2.39. The Balaban J connectivity index is 2.60. The van der Waals surface area contributed by atoms with Crippen LogP contribution in [0.25, 0.3) is 0 Å². The second kappa shape index (κ2) is 12.0. The Kier molecular flexibility index (Phi) is 10.3. The van der Waals surface area contributed by atoms with Crippen molar-refractivity contribution in [2.45, 2.75) is 98.3 Å². The van der Waals surface area contributed by atoms with E-state index >= 15 is 0 Å². The molecule has 0 aliphatic carbocycles. The Hall–Kier alpha value is -2.44. The standard InChI is InChI=1S/C25H40O7/c1-24(2,22(29)30)14-10-6-5-8-13-18-17(19(26)16-20(27)21(18)28)12-9-7-11-15-25(3,4)23(31)32/h16,26-28H,5-15H2,1-4H3,(H,29,30)(H,31,32). The molecule has 0 radical (unpaired) electrons. The van der Waals surface area contributed by atoms with Gasteiger partial charge in [0.15, 0.2) is 11.5 Å². The van der Waals surface area contributed by atoms with E-state index in [0.717, 1.165) is 51.0 Å². The molecule has 182 valence electrons. The van der Waals surface area contributed by atoms with Crippen molar-refractivity contribution in [1.29, 1.82) is 0 Å². The maximum absolute atomic E-state index is 11.2. The molecule has 0 aliphatic rings. The fourth-order valence-electron chi connectivity index (χ4n) is 3.77. The van der Waals surface area contributed by atoms with Gasteiger partial charge in [-0.05, 0) is 66.2 Å². The van der Waals surface area contributed by atoms with Crippen LogP contribution in [0.5, 0.6) is 17.2 Å². The minimum absolute atomic E-state index is 0.0376. The van der Waals surface area contributed by atoms with Gasteiger partial charge in [-0.15, -0.1) is 0 Å². The van der Waals surface area contributed by atoms with Gasteiger partial charge in [-0.3, -0.25) is 9.59 Å². The van der Waals surface area contributed by atoms with Gasteiger partial charge in [0.05, 0.1) is 10.8 Å². The first kappa shape index (κ1) is 27.6. The number of unbranched alkanes of at least 4 members (excludes halogenated alkanes) is 5. The molecule has 0 saturated carbocycles. The molecule has 5 N–H and O–H groups in total. The van der Waals surface area contributed by atoms with E-state index in [0.29, 0.717) is 36.8 Å². The molecule has 0 heterocycles. The number of phenols is 3. The zero-order chi connectivity index (χ0) is 24.5. The predicted molar refractivity (Wildman–Crippen MR) is 123 cm³/mol. The number of carboxylic acids is 2. The summed E-state index contributed by atoms with van der Waals surface area (Å²) in [7, 11) is 0. The number of phenolic OH excluding ortho intramolecular Hbond substituents is 3. The van der Waals surface area contributed by atoms with Crippen molar-refractivity contribution in [3.05, 3.63) is 17.2 Å². The smallest absolute Gasteiger partial charge is 0.309 e. The van der Waals surface area contributed by atoms with E-state index in [1.165, 1.54) is 0 Å². The van der Waals surface area contributed by atoms with Crippen LogP contribution in [0.15, 0.2) is 6.07 Å². The summed E-state index contributed by atoms with van der Waals surface area (Å²) in [6.45, 7) is 6.86. The number of hydrogen-bond donors (Lipinski definition) is 5. The average molecular weight is 453 g/mol. The van der Waals surface area contributed by atoms with E-state index in [4.69, 9.17) is 0 Å². The quantitative estimate of drug-likeness (QED) is 0.132. The van der Waals surface area contributed by atoms with Gasteiger partial charge < -0.3 is 25.5 Å². The van der Waals surface area contributed by atoms with E-state index in [9.17, 15) is 35.1 Å². The summed E-state index contributed by atoms with van der Waals surface area (Å²) in [5.41, 5.74) is -0.310. The first-order chi connectivity index (χ1) is 14.8. The minimum Gasteiger partial charge on any atom is -0.508 e. The lowest BCUT2D eigenvalue weighted by Gasteiger charge is -2.19. The Bertz CT molecular complexity index is 781. The first-order valence-electron chi connectivity index (χ1n) is 11.5. The van der Waals surface area contributed by atoms with Crippen molar-refractivity contribution in [3.63, 3.8) is 0 Å². The molecule has 7 nitrogen and oxygen atoms in total. The molecule has 7 heteroatoms. The van der Waals surface area contributed by atoms with Crippen LogP contribution in [-0.2, 0) is 22.4 Å². The molecule has 0 aromatic heterocycles. The van der Waals surface area contributed by atoms with Gasteiger partial charge in [0.2, 0.25) is 0 Å². The van der Waals surface area contributed by atoms with Crippen LogP contribution < -0.4 is 0 Å². The Morgan fingerprint density at radius 3 is 1.53 bits per heavy atom. The third-order valence-electron chi connectivity index (χ3n) is 6.34. The molecule has 1 aromatic carbocycles. The molecule has 0 fully saturated rings. The topological polar surface area (TPSA) is 135 Å².